The van der Waals surface area contributed by atoms with Crippen LogP contribution in [0, 0.1) is 11.3 Å². The third-order valence-corrected chi connectivity index (χ3v) is 5.23. The first-order valence-corrected chi connectivity index (χ1v) is 7.58. The number of rotatable bonds is 6. The van der Waals surface area contributed by atoms with Crippen molar-refractivity contribution in [2.75, 3.05) is 0 Å². The van der Waals surface area contributed by atoms with Gasteiger partial charge in [-0.25, -0.2) is 0 Å². The summed E-state index contributed by atoms with van der Waals surface area (Å²) in [5.74, 6) is -0.0300. The Hall–Kier alpha value is -1.06. The molecule has 3 fully saturated rings. The Balaban J connectivity index is 1.68. The van der Waals surface area contributed by atoms with Crippen LogP contribution in [0.15, 0.2) is 0 Å². The summed E-state index contributed by atoms with van der Waals surface area (Å²) >= 11 is 0. The largest absolute Gasteiger partial charge is 0.481 e. The van der Waals surface area contributed by atoms with Gasteiger partial charge in [-0.2, -0.15) is 0 Å². The Morgan fingerprint density at radius 2 is 1.89 bits per heavy atom. The molecule has 0 bridgehead atoms. The van der Waals surface area contributed by atoms with Gasteiger partial charge in [-0.05, 0) is 51.4 Å². The summed E-state index contributed by atoms with van der Waals surface area (Å²) in [5, 5.41) is 9.36. The first-order chi connectivity index (χ1) is 9.03. The molecule has 106 valence electrons. The first-order valence-electron chi connectivity index (χ1n) is 7.58. The summed E-state index contributed by atoms with van der Waals surface area (Å²) in [6.07, 6.45) is 7.15. The fraction of sp³-hybridized carbons (Fsp3) is 0.867. The molecule has 0 spiro atoms. The molecule has 1 atom stereocenters. The monoisotopic (exact) mass is 265 g/mol. The van der Waals surface area contributed by atoms with E-state index in [1.807, 2.05) is 4.90 Å². The Kier molecular flexibility index (Phi) is 3.06. The molecule has 0 heterocycles. The lowest BCUT2D eigenvalue weighted by Gasteiger charge is -2.39. The molecule has 3 saturated carbocycles. The SMILES string of the molecule is CC(C1CC1)N(C(=O)CC1(C(=O)O)CCC1)C1CC1. The molecule has 19 heavy (non-hydrogen) atoms. The van der Waals surface area contributed by atoms with Crippen LogP contribution in [0.25, 0.3) is 0 Å². The molecular formula is C15H23NO3. The lowest BCUT2D eigenvalue weighted by Crippen LogP contribution is -2.47. The number of carbonyl (C=O) groups excluding carboxylic acids is 1. The zero-order chi connectivity index (χ0) is 13.6. The molecule has 0 aliphatic heterocycles. The average Bonchev–Trinajstić information content (AvgIpc) is 3.13. The Morgan fingerprint density at radius 1 is 1.26 bits per heavy atom. The third kappa shape index (κ3) is 2.37. The van der Waals surface area contributed by atoms with Gasteiger partial charge < -0.3 is 10.0 Å². The van der Waals surface area contributed by atoms with E-state index in [0.717, 1.165) is 19.3 Å². The number of carboxylic acids is 1. The van der Waals surface area contributed by atoms with E-state index in [4.69, 9.17) is 0 Å². The summed E-state index contributed by atoms with van der Waals surface area (Å²) < 4.78 is 0. The zero-order valence-electron chi connectivity index (χ0n) is 11.6. The van der Waals surface area contributed by atoms with Crippen LogP contribution < -0.4 is 0 Å². The van der Waals surface area contributed by atoms with Crippen molar-refractivity contribution in [1.29, 1.82) is 0 Å². The predicted molar refractivity (Wildman–Crippen MR) is 70.6 cm³/mol. The van der Waals surface area contributed by atoms with Crippen LogP contribution in [0.4, 0.5) is 0 Å². The van der Waals surface area contributed by atoms with Crippen LogP contribution in [-0.2, 0) is 9.59 Å². The van der Waals surface area contributed by atoms with Crippen molar-refractivity contribution in [2.45, 2.75) is 70.4 Å². The molecule has 0 aromatic heterocycles. The van der Waals surface area contributed by atoms with Crippen molar-refractivity contribution in [2.24, 2.45) is 11.3 Å². The highest BCUT2D eigenvalue weighted by molar-refractivity contribution is 5.86. The molecule has 0 saturated heterocycles. The third-order valence-electron chi connectivity index (χ3n) is 5.23. The summed E-state index contributed by atoms with van der Waals surface area (Å²) in [5.41, 5.74) is -0.743. The van der Waals surface area contributed by atoms with E-state index in [-0.39, 0.29) is 12.3 Å². The molecule has 4 nitrogen and oxygen atoms in total. The highest BCUT2D eigenvalue weighted by atomic mass is 16.4. The highest BCUT2D eigenvalue weighted by Crippen LogP contribution is 2.46. The van der Waals surface area contributed by atoms with Gasteiger partial charge in [-0.1, -0.05) is 6.42 Å². The zero-order valence-corrected chi connectivity index (χ0v) is 11.6. The normalized spacial score (nSPS) is 26.4. The molecule has 1 amide bonds. The predicted octanol–water partition coefficient (Wildman–Crippen LogP) is 2.42. The van der Waals surface area contributed by atoms with Crippen LogP contribution in [0.5, 0.6) is 0 Å². The maximum Gasteiger partial charge on any atom is 0.310 e. The second-order valence-corrected chi connectivity index (χ2v) is 6.73. The van der Waals surface area contributed by atoms with E-state index < -0.39 is 11.4 Å². The van der Waals surface area contributed by atoms with Crippen LogP contribution in [0.2, 0.25) is 0 Å². The average molecular weight is 265 g/mol. The molecular weight excluding hydrogens is 242 g/mol. The van der Waals surface area contributed by atoms with Gasteiger partial charge in [0.15, 0.2) is 0 Å². The fourth-order valence-corrected chi connectivity index (χ4v) is 3.37. The second kappa shape index (κ2) is 4.50. The minimum Gasteiger partial charge on any atom is -0.481 e. The van der Waals surface area contributed by atoms with Crippen molar-refractivity contribution >= 4 is 11.9 Å². The first kappa shape index (κ1) is 12.9. The van der Waals surface area contributed by atoms with Crippen LogP contribution in [0.3, 0.4) is 0 Å². The molecule has 4 heteroatoms. The van der Waals surface area contributed by atoms with Gasteiger partial charge in [-0.15, -0.1) is 0 Å². The van der Waals surface area contributed by atoms with Gasteiger partial charge >= 0.3 is 5.97 Å². The van der Waals surface area contributed by atoms with Crippen molar-refractivity contribution < 1.29 is 14.7 Å². The molecule has 0 aromatic rings. The summed E-state index contributed by atoms with van der Waals surface area (Å²) in [6, 6.07) is 0.708. The summed E-state index contributed by atoms with van der Waals surface area (Å²) in [4.78, 5) is 26.0. The van der Waals surface area contributed by atoms with E-state index >= 15 is 0 Å². The number of carboxylic acid groups (broad SMARTS) is 1. The van der Waals surface area contributed by atoms with Gasteiger partial charge in [0.2, 0.25) is 5.91 Å². The van der Waals surface area contributed by atoms with Gasteiger partial charge in [0, 0.05) is 18.5 Å². The van der Waals surface area contributed by atoms with Crippen molar-refractivity contribution in [3.05, 3.63) is 0 Å². The molecule has 1 N–H and O–H groups in total. The summed E-state index contributed by atoms with van der Waals surface area (Å²) in [6.45, 7) is 2.14. The van der Waals surface area contributed by atoms with Gasteiger partial charge in [-0.3, -0.25) is 9.59 Å². The maximum atomic E-state index is 12.6. The van der Waals surface area contributed by atoms with Crippen LogP contribution >= 0.6 is 0 Å². The number of hydrogen-bond acceptors (Lipinski definition) is 2. The van der Waals surface area contributed by atoms with Crippen LogP contribution in [-0.4, -0.2) is 34.0 Å². The van der Waals surface area contributed by atoms with E-state index in [9.17, 15) is 14.7 Å². The Morgan fingerprint density at radius 3 is 2.26 bits per heavy atom. The molecule has 3 aliphatic carbocycles. The fourth-order valence-electron chi connectivity index (χ4n) is 3.37. The number of amides is 1. The van der Waals surface area contributed by atoms with Crippen LogP contribution in [0.1, 0.15) is 58.3 Å². The smallest absolute Gasteiger partial charge is 0.310 e. The standard InChI is InChI=1S/C15H23NO3/c1-10(11-3-4-11)16(12-5-6-12)13(17)9-15(14(18)19)7-2-8-15/h10-12H,2-9H2,1H3,(H,18,19). The highest BCUT2D eigenvalue weighted by Gasteiger charge is 2.49. The van der Waals surface area contributed by atoms with E-state index in [2.05, 4.69) is 6.92 Å². The molecule has 1 unspecified atom stereocenters. The van der Waals surface area contributed by atoms with Crippen molar-refractivity contribution in [3.63, 3.8) is 0 Å². The molecule has 0 radical (unpaired) electrons. The number of hydrogen-bond donors (Lipinski definition) is 1. The van der Waals surface area contributed by atoms with Gasteiger partial charge in [0.05, 0.1) is 5.41 Å². The Bertz CT molecular complexity index is 394. The quantitative estimate of drug-likeness (QED) is 0.802. The molecule has 0 aromatic carbocycles. The van der Waals surface area contributed by atoms with Crippen molar-refractivity contribution in [1.82, 2.24) is 4.90 Å². The molecule has 3 rings (SSSR count). The lowest BCUT2D eigenvalue weighted by atomic mass is 9.66. The van der Waals surface area contributed by atoms with E-state index in [1.165, 1.54) is 12.8 Å². The maximum absolute atomic E-state index is 12.6. The van der Waals surface area contributed by atoms with E-state index in [0.29, 0.717) is 30.8 Å². The minimum absolute atomic E-state index is 0.0870. The minimum atomic E-state index is -0.776. The molecule has 3 aliphatic rings. The number of aliphatic carboxylic acids is 1. The summed E-state index contributed by atoms with van der Waals surface area (Å²) in [7, 11) is 0. The van der Waals surface area contributed by atoms with Gasteiger partial charge in [0.25, 0.3) is 0 Å². The number of carbonyl (C=O) groups is 2. The Labute approximate surface area is 114 Å². The second-order valence-electron chi connectivity index (χ2n) is 6.73. The number of nitrogens with zero attached hydrogens (tertiary/aromatic N) is 1. The topological polar surface area (TPSA) is 57.6 Å². The van der Waals surface area contributed by atoms with Gasteiger partial charge in [0.1, 0.15) is 0 Å². The van der Waals surface area contributed by atoms with Crippen molar-refractivity contribution in [3.8, 4) is 0 Å². The lowest BCUT2D eigenvalue weighted by molar-refractivity contribution is -0.160. The van der Waals surface area contributed by atoms with E-state index in [1.54, 1.807) is 0 Å².